The number of benzene rings is 3. The Labute approximate surface area is 200 Å². The molecule has 3 aromatic carbocycles. The molecule has 166 valence electrons. The number of ether oxygens (including phenoxy) is 1. The monoisotopic (exact) mass is 478 g/mol. The molecular formula is C25H19ClN2O4S. The van der Waals surface area contributed by atoms with Gasteiger partial charge in [-0.15, -0.1) is 0 Å². The Hall–Kier alpha value is -3.55. The summed E-state index contributed by atoms with van der Waals surface area (Å²) in [5.41, 5.74) is 3.26. The summed E-state index contributed by atoms with van der Waals surface area (Å²) >= 11 is 7.11. The first-order valence-electron chi connectivity index (χ1n) is 9.98. The van der Waals surface area contributed by atoms with Gasteiger partial charge in [-0.05, 0) is 77.9 Å². The molecule has 1 saturated heterocycles. The number of rotatable bonds is 6. The van der Waals surface area contributed by atoms with Crippen molar-refractivity contribution in [2.45, 2.75) is 13.5 Å². The van der Waals surface area contributed by atoms with Crippen molar-refractivity contribution in [2.24, 2.45) is 4.99 Å². The molecule has 0 aliphatic carbocycles. The van der Waals surface area contributed by atoms with Gasteiger partial charge in [0, 0.05) is 5.02 Å². The van der Waals surface area contributed by atoms with Crippen LogP contribution in [-0.4, -0.2) is 22.2 Å². The Morgan fingerprint density at radius 1 is 1.15 bits per heavy atom. The molecule has 0 aromatic heterocycles. The number of nitrogens with zero attached hydrogens (tertiary/aromatic N) is 1. The number of hydrogen-bond donors (Lipinski definition) is 2. The molecule has 0 radical (unpaired) electrons. The molecular weight excluding hydrogens is 460 g/mol. The molecule has 1 heterocycles. The number of carbonyl (C=O) groups excluding carboxylic acids is 1. The third kappa shape index (κ3) is 5.83. The van der Waals surface area contributed by atoms with E-state index in [4.69, 9.17) is 16.3 Å². The fourth-order valence-electron chi connectivity index (χ4n) is 3.05. The number of aryl methyl sites for hydroxylation is 1. The van der Waals surface area contributed by atoms with Gasteiger partial charge in [-0.25, -0.2) is 9.79 Å². The van der Waals surface area contributed by atoms with Crippen molar-refractivity contribution in [3.05, 3.63) is 98.9 Å². The zero-order valence-electron chi connectivity index (χ0n) is 17.5. The number of nitrogens with one attached hydrogen (secondary N) is 1. The second-order valence-corrected chi connectivity index (χ2v) is 8.74. The van der Waals surface area contributed by atoms with Gasteiger partial charge in [-0.2, -0.15) is 0 Å². The number of carboxylic acid groups (broad SMARTS) is 1. The van der Waals surface area contributed by atoms with E-state index in [-0.39, 0.29) is 11.5 Å². The van der Waals surface area contributed by atoms with E-state index in [0.717, 1.165) is 16.7 Å². The molecule has 1 aliphatic rings. The van der Waals surface area contributed by atoms with Crippen LogP contribution in [0.3, 0.4) is 0 Å². The zero-order chi connectivity index (χ0) is 23.4. The molecule has 0 unspecified atom stereocenters. The highest BCUT2D eigenvalue weighted by Crippen LogP contribution is 2.30. The third-order valence-electron chi connectivity index (χ3n) is 4.80. The average Bonchev–Trinajstić information content (AvgIpc) is 3.13. The molecule has 8 heteroatoms. The summed E-state index contributed by atoms with van der Waals surface area (Å²) in [5, 5.41) is 13.0. The minimum absolute atomic E-state index is 0.139. The van der Waals surface area contributed by atoms with Crippen LogP contribution in [0.2, 0.25) is 5.02 Å². The van der Waals surface area contributed by atoms with Crippen LogP contribution in [0.4, 0.5) is 5.69 Å². The van der Waals surface area contributed by atoms with E-state index in [1.165, 1.54) is 23.9 Å². The van der Waals surface area contributed by atoms with Crippen molar-refractivity contribution < 1.29 is 19.4 Å². The van der Waals surface area contributed by atoms with Crippen LogP contribution in [0.25, 0.3) is 6.08 Å². The molecule has 0 saturated carbocycles. The van der Waals surface area contributed by atoms with E-state index in [2.05, 4.69) is 10.3 Å². The minimum atomic E-state index is -1.03. The minimum Gasteiger partial charge on any atom is -0.489 e. The smallest absolute Gasteiger partial charge is 0.335 e. The lowest BCUT2D eigenvalue weighted by Crippen LogP contribution is -2.19. The molecule has 3 aromatic rings. The molecule has 33 heavy (non-hydrogen) atoms. The van der Waals surface area contributed by atoms with Crippen molar-refractivity contribution in [1.29, 1.82) is 0 Å². The zero-order valence-corrected chi connectivity index (χ0v) is 19.1. The molecule has 1 aliphatic heterocycles. The van der Waals surface area contributed by atoms with Crippen LogP contribution < -0.4 is 10.1 Å². The maximum Gasteiger partial charge on any atom is 0.335 e. The predicted molar refractivity (Wildman–Crippen MR) is 131 cm³/mol. The second-order valence-electron chi connectivity index (χ2n) is 7.28. The predicted octanol–water partition coefficient (Wildman–Crippen LogP) is 5.82. The lowest BCUT2D eigenvalue weighted by atomic mass is 10.1. The largest absolute Gasteiger partial charge is 0.489 e. The maximum atomic E-state index is 12.4. The number of carboxylic acids is 1. The van der Waals surface area contributed by atoms with Gasteiger partial charge in [0.05, 0.1) is 16.2 Å². The second kappa shape index (κ2) is 9.94. The van der Waals surface area contributed by atoms with Gasteiger partial charge >= 0.3 is 5.97 Å². The van der Waals surface area contributed by atoms with Crippen molar-refractivity contribution >= 4 is 52.2 Å². The summed E-state index contributed by atoms with van der Waals surface area (Å²) in [5.74, 6) is -0.616. The van der Waals surface area contributed by atoms with Gasteiger partial charge in [0.1, 0.15) is 12.4 Å². The molecule has 6 nitrogen and oxygen atoms in total. The van der Waals surface area contributed by atoms with E-state index < -0.39 is 5.97 Å². The van der Waals surface area contributed by atoms with Gasteiger partial charge in [-0.1, -0.05) is 41.9 Å². The molecule has 1 amide bonds. The highest BCUT2D eigenvalue weighted by Gasteiger charge is 2.24. The summed E-state index contributed by atoms with van der Waals surface area (Å²) in [6, 6.07) is 19.6. The first kappa shape index (κ1) is 22.6. The van der Waals surface area contributed by atoms with Crippen LogP contribution in [0.5, 0.6) is 5.75 Å². The number of aliphatic imine (C=N–C) groups is 1. The Bertz CT molecular complexity index is 1290. The highest BCUT2D eigenvalue weighted by atomic mass is 35.5. The molecule has 0 atom stereocenters. The van der Waals surface area contributed by atoms with Gasteiger partial charge in [0.15, 0.2) is 5.17 Å². The number of hydrogen-bond acceptors (Lipinski definition) is 5. The van der Waals surface area contributed by atoms with Crippen LogP contribution in [0.1, 0.15) is 27.0 Å². The maximum absolute atomic E-state index is 12.4. The van der Waals surface area contributed by atoms with Gasteiger partial charge in [0.2, 0.25) is 0 Å². The van der Waals surface area contributed by atoms with Crippen LogP contribution in [0.15, 0.2) is 76.6 Å². The van der Waals surface area contributed by atoms with Crippen molar-refractivity contribution in [1.82, 2.24) is 5.32 Å². The van der Waals surface area contributed by atoms with E-state index in [1.54, 1.807) is 12.1 Å². The van der Waals surface area contributed by atoms with E-state index in [1.807, 2.05) is 55.5 Å². The Morgan fingerprint density at radius 3 is 2.70 bits per heavy atom. The molecule has 0 spiro atoms. The summed E-state index contributed by atoms with van der Waals surface area (Å²) in [4.78, 5) is 28.6. The number of halogens is 1. The number of thioether (sulfide) groups is 1. The van der Waals surface area contributed by atoms with Gasteiger partial charge in [-0.3, -0.25) is 4.79 Å². The van der Waals surface area contributed by atoms with E-state index >= 15 is 0 Å². The molecule has 4 rings (SSSR count). The highest BCUT2D eigenvalue weighted by molar-refractivity contribution is 8.18. The number of carbonyl (C=O) groups is 2. The third-order valence-corrected chi connectivity index (χ3v) is 5.97. The number of amides is 1. The topological polar surface area (TPSA) is 88.0 Å². The Kier molecular flexibility index (Phi) is 6.82. The van der Waals surface area contributed by atoms with Crippen molar-refractivity contribution in [3.8, 4) is 5.75 Å². The fourth-order valence-corrected chi connectivity index (χ4v) is 4.01. The first-order chi connectivity index (χ1) is 15.9. The van der Waals surface area contributed by atoms with Crippen LogP contribution in [0, 0.1) is 6.92 Å². The van der Waals surface area contributed by atoms with Gasteiger partial charge < -0.3 is 15.2 Å². The summed E-state index contributed by atoms with van der Waals surface area (Å²) in [6.45, 7) is 2.23. The lowest BCUT2D eigenvalue weighted by Gasteiger charge is -2.07. The molecule has 2 N–H and O–H groups in total. The normalized spacial score (nSPS) is 15.6. The molecule has 0 bridgehead atoms. The Balaban J connectivity index is 1.48. The summed E-state index contributed by atoms with van der Waals surface area (Å²) < 4.78 is 5.86. The van der Waals surface area contributed by atoms with Crippen LogP contribution >= 0.6 is 23.4 Å². The lowest BCUT2D eigenvalue weighted by molar-refractivity contribution is -0.115. The average molecular weight is 479 g/mol. The van der Waals surface area contributed by atoms with Gasteiger partial charge in [0.25, 0.3) is 5.91 Å². The van der Waals surface area contributed by atoms with Crippen LogP contribution in [-0.2, 0) is 11.4 Å². The number of amidine groups is 1. The fraction of sp³-hybridized carbons (Fsp3) is 0.0800. The standard InChI is InChI=1S/C25H19ClN2O4S/c1-15-5-8-18(24(30)31)13-21(15)27-25-28-23(29)22(33-25)12-17-3-2-4-20(11-17)32-14-16-6-9-19(26)10-7-16/h2-13H,14H2,1H3,(H,30,31)(H,27,28,29). The number of aromatic carboxylic acids is 1. The quantitative estimate of drug-likeness (QED) is 0.436. The summed E-state index contributed by atoms with van der Waals surface area (Å²) in [7, 11) is 0. The SMILES string of the molecule is Cc1ccc(C(=O)O)cc1N=C1NC(=O)C(=Cc2cccc(OCc3ccc(Cl)cc3)c2)S1. The molecule has 1 fully saturated rings. The van der Waals surface area contributed by atoms with E-state index in [0.29, 0.717) is 33.1 Å². The van der Waals surface area contributed by atoms with E-state index in [9.17, 15) is 14.7 Å². The van der Waals surface area contributed by atoms with Crippen molar-refractivity contribution in [3.63, 3.8) is 0 Å². The first-order valence-corrected chi connectivity index (χ1v) is 11.2. The van der Waals surface area contributed by atoms with Crippen molar-refractivity contribution in [2.75, 3.05) is 0 Å². The summed E-state index contributed by atoms with van der Waals surface area (Å²) in [6.07, 6.45) is 1.76. The Morgan fingerprint density at radius 2 is 1.94 bits per heavy atom.